The predicted molar refractivity (Wildman–Crippen MR) is 33.5 cm³/mol. The first-order valence-corrected chi connectivity index (χ1v) is 3.37. The molecule has 0 aliphatic carbocycles. The Kier molecular flexibility index (Phi) is 2.43. The van der Waals surface area contributed by atoms with Gasteiger partial charge in [-0.15, -0.1) is 0 Å². The van der Waals surface area contributed by atoms with E-state index < -0.39 is 30.8 Å². The fourth-order valence-electron chi connectivity index (χ4n) is 1.07. The summed E-state index contributed by atoms with van der Waals surface area (Å²) in [5.74, 6) is 0. The molecule has 3 N–H and O–H groups in total. The van der Waals surface area contributed by atoms with E-state index in [0.717, 1.165) is 0 Å². The fraction of sp³-hybridized carbons (Fsp3) is 1.00. The van der Waals surface area contributed by atoms with Gasteiger partial charge >= 0.3 is 0 Å². The Morgan fingerprint density at radius 1 is 1.45 bits per heavy atom. The van der Waals surface area contributed by atoms with Gasteiger partial charge in [0.25, 0.3) is 0 Å². The lowest BCUT2D eigenvalue weighted by Gasteiger charge is -2.15. The minimum Gasteiger partial charge on any atom is -0.391 e. The van der Waals surface area contributed by atoms with Gasteiger partial charge in [0.15, 0.2) is 12.5 Å². The van der Waals surface area contributed by atoms with Crippen molar-refractivity contribution in [2.24, 2.45) is 0 Å². The van der Waals surface area contributed by atoms with Gasteiger partial charge in [-0.1, -0.05) is 0 Å². The molecular weight excluding hydrogens is 155 g/mol. The third kappa shape index (κ3) is 1.51. The normalized spacial score (nSPS) is 47.7. The van der Waals surface area contributed by atoms with Crippen molar-refractivity contribution in [2.75, 3.05) is 0 Å². The molecule has 1 fully saturated rings. The van der Waals surface area contributed by atoms with Crippen LogP contribution in [-0.4, -0.2) is 46.1 Å². The summed E-state index contributed by atoms with van der Waals surface area (Å²) >= 11 is 0. The Labute approximate surface area is 63.2 Å². The second-order valence-electron chi connectivity index (χ2n) is 2.67. The zero-order valence-corrected chi connectivity index (χ0v) is 6.01. The number of hydrogen-bond acceptors (Lipinski definition) is 4. The van der Waals surface area contributed by atoms with Crippen molar-refractivity contribution in [1.29, 1.82) is 0 Å². The summed E-state index contributed by atoms with van der Waals surface area (Å²) in [4.78, 5) is 0. The van der Waals surface area contributed by atoms with Crippen molar-refractivity contribution >= 4 is 0 Å². The second kappa shape index (κ2) is 3.02. The molecule has 5 atom stereocenters. The van der Waals surface area contributed by atoms with E-state index >= 15 is 0 Å². The van der Waals surface area contributed by atoms with E-state index in [2.05, 4.69) is 4.74 Å². The molecule has 5 heteroatoms. The average Bonchev–Trinajstić information content (AvgIpc) is 2.17. The van der Waals surface area contributed by atoms with Gasteiger partial charge in [-0.05, 0) is 6.92 Å². The van der Waals surface area contributed by atoms with Crippen LogP contribution in [0.25, 0.3) is 0 Å². The molecule has 0 aromatic heterocycles. The third-order valence-corrected chi connectivity index (χ3v) is 1.71. The second-order valence-corrected chi connectivity index (χ2v) is 2.67. The number of aliphatic hydroxyl groups excluding tert-OH is 3. The number of hydrogen-bond donors (Lipinski definition) is 3. The first kappa shape index (κ1) is 8.86. The molecule has 0 spiro atoms. The summed E-state index contributed by atoms with van der Waals surface area (Å²) in [5.41, 5.74) is 0. The van der Waals surface area contributed by atoms with Gasteiger partial charge in [-0.2, -0.15) is 0 Å². The molecule has 66 valence electrons. The molecule has 1 aliphatic rings. The van der Waals surface area contributed by atoms with Gasteiger partial charge < -0.3 is 20.1 Å². The first-order chi connectivity index (χ1) is 5.04. The average molecular weight is 166 g/mol. The van der Waals surface area contributed by atoms with Crippen molar-refractivity contribution in [2.45, 2.75) is 37.7 Å². The lowest BCUT2D eigenvalue weighted by atomic mass is 10.1. The summed E-state index contributed by atoms with van der Waals surface area (Å²) in [6, 6.07) is 0. The van der Waals surface area contributed by atoms with Gasteiger partial charge in [0.1, 0.15) is 12.2 Å². The molecular formula is C6H11FO4. The van der Waals surface area contributed by atoms with E-state index in [1.54, 1.807) is 0 Å². The fourth-order valence-corrected chi connectivity index (χ4v) is 1.07. The maximum atomic E-state index is 12.6. The third-order valence-electron chi connectivity index (χ3n) is 1.71. The number of aliphatic hydroxyl groups is 3. The van der Waals surface area contributed by atoms with Crippen LogP contribution in [0.2, 0.25) is 0 Å². The molecule has 1 rings (SSSR count). The molecule has 0 bridgehead atoms. The smallest absolute Gasteiger partial charge is 0.189 e. The Hall–Kier alpha value is -0.230. The Morgan fingerprint density at radius 2 is 2.00 bits per heavy atom. The van der Waals surface area contributed by atoms with Crippen molar-refractivity contribution in [3.8, 4) is 0 Å². The van der Waals surface area contributed by atoms with Crippen molar-refractivity contribution < 1.29 is 24.4 Å². The molecule has 1 heterocycles. The van der Waals surface area contributed by atoms with Gasteiger partial charge in [0, 0.05) is 0 Å². The molecule has 4 nitrogen and oxygen atoms in total. The number of halogens is 1. The van der Waals surface area contributed by atoms with E-state index in [1.807, 2.05) is 0 Å². The van der Waals surface area contributed by atoms with Crippen LogP contribution < -0.4 is 0 Å². The standard InChI is InChI=1S/C6H11FO4/c1-2(8)5-4(9)3(7)6(10)11-5/h2-6,8-10H,1H3/t2-,3-,4-,5+,6+/m0/s1. The van der Waals surface area contributed by atoms with E-state index in [9.17, 15) is 4.39 Å². The molecule has 1 aliphatic heterocycles. The number of rotatable bonds is 1. The van der Waals surface area contributed by atoms with Gasteiger partial charge in [0.2, 0.25) is 0 Å². The van der Waals surface area contributed by atoms with Crippen molar-refractivity contribution in [3.63, 3.8) is 0 Å². The predicted octanol–water partition coefficient (Wildman–Crippen LogP) is -1.22. The summed E-state index contributed by atoms with van der Waals surface area (Å²) in [5, 5.41) is 26.6. The van der Waals surface area contributed by atoms with E-state index in [-0.39, 0.29) is 0 Å². The van der Waals surface area contributed by atoms with Crippen LogP contribution in [0.5, 0.6) is 0 Å². The highest BCUT2D eigenvalue weighted by Gasteiger charge is 2.45. The highest BCUT2D eigenvalue weighted by molar-refractivity contribution is 4.88. The van der Waals surface area contributed by atoms with Gasteiger partial charge in [-0.3, -0.25) is 0 Å². The molecule has 11 heavy (non-hydrogen) atoms. The van der Waals surface area contributed by atoms with Gasteiger partial charge in [0.05, 0.1) is 6.10 Å². The summed E-state index contributed by atoms with van der Waals surface area (Å²) in [6.45, 7) is 1.36. The minimum absolute atomic E-state index is 0.986. The molecule has 0 aromatic rings. The maximum Gasteiger partial charge on any atom is 0.189 e. The van der Waals surface area contributed by atoms with Crippen molar-refractivity contribution in [1.82, 2.24) is 0 Å². The number of alkyl halides is 1. The Morgan fingerprint density at radius 3 is 2.18 bits per heavy atom. The zero-order valence-electron chi connectivity index (χ0n) is 6.01. The van der Waals surface area contributed by atoms with E-state index in [0.29, 0.717) is 0 Å². The molecule has 0 amide bonds. The molecule has 0 unspecified atom stereocenters. The summed E-state index contributed by atoms with van der Waals surface area (Å²) < 4.78 is 17.1. The summed E-state index contributed by atoms with van der Waals surface area (Å²) in [7, 11) is 0. The van der Waals surface area contributed by atoms with Crippen LogP contribution in [0.4, 0.5) is 4.39 Å². The quantitative estimate of drug-likeness (QED) is 0.457. The zero-order chi connectivity index (χ0) is 8.59. The van der Waals surface area contributed by atoms with Crippen molar-refractivity contribution in [3.05, 3.63) is 0 Å². The first-order valence-electron chi connectivity index (χ1n) is 3.37. The molecule has 1 saturated heterocycles. The van der Waals surface area contributed by atoms with Crippen LogP contribution in [0.1, 0.15) is 6.92 Å². The van der Waals surface area contributed by atoms with E-state index in [1.165, 1.54) is 6.92 Å². The van der Waals surface area contributed by atoms with Crippen LogP contribution in [0.15, 0.2) is 0 Å². The van der Waals surface area contributed by atoms with E-state index in [4.69, 9.17) is 15.3 Å². The topological polar surface area (TPSA) is 69.9 Å². The highest BCUT2D eigenvalue weighted by atomic mass is 19.1. The largest absolute Gasteiger partial charge is 0.391 e. The van der Waals surface area contributed by atoms with Crippen LogP contribution in [0.3, 0.4) is 0 Å². The lowest BCUT2D eigenvalue weighted by Crippen LogP contribution is -2.35. The maximum absolute atomic E-state index is 12.6. The number of ether oxygens (including phenoxy) is 1. The van der Waals surface area contributed by atoms with Crippen LogP contribution in [-0.2, 0) is 4.74 Å². The SMILES string of the molecule is C[C@H](O)[C@H]1O[C@@H](O)[C@@H](F)[C@@H]1O. The lowest BCUT2D eigenvalue weighted by molar-refractivity contribution is -0.135. The monoisotopic (exact) mass is 166 g/mol. The highest BCUT2D eigenvalue weighted by Crippen LogP contribution is 2.24. The molecule has 0 saturated carbocycles. The summed E-state index contributed by atoms with van der Waals surface area (Å²) in [6.07, 6.45) is -6.90. The minimum atomic E-state index is -1.82. The van der Waals surface area contributed by atoms with Crippen LogP contribution >= 0.6 is 0 Å². The Balaban J connectivity index is 2.59. The molecule has 0 radical (unpaired) electrons. The Bertz CT molecular complexity index is 141. The van der Waals surface area contributed by atoms with Gasteiger partial charge in [-0.25, -0.2) is 4.39 Å². The van der Waals surface area contributed by atoms with Crippen LogP contribution in [0, 0.1) is 0 Å². The molecule has 0 aromatic carbocycles.